The van der Waals surface area contributed by atoms with E-state index in [4.69, 9.17) is 4.74 Å². The molecule has 0 aromatic rings. The van der Waals surface area contributed by atoms with Crippen molar-refractivity contribution in [3.63, 3.8) is 0 Å². The zero-order chi connectivity index (χ0) is 15.1. The lowest BCUT2D eigenvalue weighted by Crippen LogP contribution is -2.45. The van der Waals surface area contributed by atoms with Crippen LogP contribution in [0.5, 0.6) is 0 Å². The number of amides is 1. The molecule has 1 saturated carbocycles. The van der Waals surface area contributed by atoms with Gasteiger partial charge in [0.25, 0.3) is 0 Å². The molecule has 3 N–H and O–H groups in total. The summed E-state index contributed by atoms with van der Waals surface area (Å²) in [4.78, 5) is 23.6. The first-order valence-corrected chi connectivity index (χ1v) is 7.95. The third kappa shape index (κ3) is 4.68. The minimum Gasteiger partial charge on any atom is -0.481 e. The van der Waals surface area contributed by atoms with Gasteiger partial charge < -0.3 is 20.5 Å². The highest BCUT2D eigenvalue weighted by Crippen LogP contribution is 2.34. The van der Waals surface area contributed by atoms with Crippen molar-refractivity contribution >= 4 is 11.9 Å². The van der Waals surface area contributed by atoms with E-state index in [1.54, 1.807) is 0 Å². The van der Waals surface area contributed by atoms with Crippen LogP contribution in [0.25, 0.3) is 0 Å². The molecule has 1 atom stereocenters. The molecule has 21 heavy (non-hydrogen) atoms. The molecule has 6 nitrogen and oxygen atoms in total. The van der Waals surface area contributed by atoms with Gasteiger partial charge in [-0.1, -0.05) is 25.7 Å². The number of ether oxygens (including phenoxy) is 1. The second kappa shape index (κ2) is 7.75. The van der Waals surface area contributed by atoms with E-state index in [2.05, 4.69) is 10.6 Å². The SMILES string of the molecule is O=C(CC1CNCCO1)NCC1(C(=O)O)CCCCCC1. The molecule has 1 aliphatic heterocycles. The molecule has 2 fully saturated rings. The highest BCUT2D eigenvalue weighted by Gasteiger charge is 2.39. The molecular weight excluding hydrogens is 272 g/mol. The fourth-order valence-corrected chi connectivity index (χ4v) is 3.17. The van der Waals surface area contributed by atoms with Crippen LogP contribution in [-0.4, -0.2) is 49.3 Å². The molecule has 120 valence electrons. The number of carbonyl (C=O) groups is 2. The molecule has 0 spiro atoms. The van der Waals surface area contributed by atoms with Gasteiger partial charge in [0.15, 0.2) is 0 Å². The zero-order valence-corrected chi connectivity index (χ0v) is 12.5. The maximum absolute atomic E-state index is 12.0. The second-order valence-corrected chi connectivity index (χ2v) is 6.18. The number of hydrogen-bond donors (Lipinski definition) is 3. The van der Waals surface area contributed by atoms with Crippen LogP contribution < -0.4 is 10.6 Å². The molecule has 0 radical (unpaired) electrons. The van der Waals surface area contributed by atoms with Gasteiger partial charge in [-0.15, -0.1) is 0 Å². The third-order valence-electron chi connectivity index (χ3n) is 4.56. The van der Waals surface area contributed by atoms with Gasteiger partial charge in [-0.3, -0.25) is 9.59 Å². The fourth-order valence-electron chi connectivity index (χ4n) is 3.17. The van der Waals surface area contributed by atoms with Crippen LogP contribution in [0.15, 0.2) is 0 Å². The maximum atomic E-state index is 12.0. The predicted molar refractivity (Wildman–Crippen MR) is 78.0 cm³/mol. The summed E-state index contributed by atoms with van der Waals surface area (Å²) in [6.07, 6.45) is 5.54. The Morgan fingerprint density at radius 3 is 2.52 bits per heavy atom. The van der Waals surface area contributed by atoms with Crippen LogP contribution in [-0.2, 0) is 14.3 Å². The van der Waals surface area contributed by atoms with Crippen LogP contribution in [0.3, 0.4) is 0 Å². The molecule has 2 aliphatic rings. The molecule has 1 aliphatic carbocycles. The van der Waals surface area contributed by atoms with Gasteiger partial charge in [-0.25, -0.2) is 0 Å². The molecule has 1 saturated heterocycles. The van der Waals surface area contributed by atoms with Crippen molar-refractivity contribution < 1.29 is 19.4 Å². The van der Waals surface area contributed by atoms with E-state index in [-0.39, 0.29) is 18.6 Å². The number of carboxylic acids is 1. The lowest BCUT2D eigenvalue weighted by atomic mass is 9.80. The standard InChI is InChI=1S/C15H26N2O4/c18-13(9-12-10-16-7-8-21-12)17-11-15(14(19)20)5-3-1-2-4-6-15/h12,16H,1-11H2,(H,17,18)(H,19,20). The summed E-state index contributed by atoms with van der Waals surface area (Å²) in [5.74, 6) is -0.895. The Kier molecular flexibility index (Phi) is 5.99. The summed E-state index contributed by atoms with van der Waals surface area (Å²) in [5.41, 5.74) is -0.780. The molecular formula is C15H26N2O4. The van der Waals surface area contributed by atoms with Crippen molar-refractivity contribution in [1.82, 2.24) is 10.6 Å². The largest absolute Gasteiger partial charge is 0.481 e. The van der Waals surface area contributed by atoms with Gasteiger partial charge in [-0.05, 0) is 12.8 Å². The van der Waals surface area contributed by atoms with E-state index < -0.39 is 11.4 Å². The minimum absolute atomic E-state index is 0.103. The molecule has 0 aromatic carbocycles. The van der Waals surface area contributed by atoms with E-state index in [1.165, 1.54) is 0 Å². The van der Waals surface area contributed by atoms with E-state index >= 15 is 0 Å². The van der Waals surface area contributed by atoms with E-state index in [0.717, 1.165) is 32.2 Å². The average Bonchev–Trinajstić information content (AvgIpc) is 2.73. The van der Waals surface area contributed by atoms with E-state index in [9.17, 15) is 14.7 Å². The van der Waals surface area contributed by atoms with Gasteiger partial charge in [0.2, 0.25) is 5.91 Å². The Labute approximate surface area is 125 Å². The third-order valence-corrected chi connectivity index (χ3v) is 4.56. The van der Waals surface area contributed by atoms with Crippen molar-refractivity contribution in [2.24, 2.45) is 5.41 Å². The minimum atomic E-state index is -0.780. The Hall–Kier alpha value is -1.14. The summed E-state index contributed by atoms with van der Waals surface area (Å²) in [6.45, 7) is 2.36. The zero-order valence-electron chi connectivity index (χ0n) is 12.5. The topological polar surface area (TPSA) is 87.7 Å². The highest BCUT2D eigenvalue weighted by molar-refractivity contribution is 5.79. The first-order chi connectivity index (χ1) is 10.1. The molecule has 6 heteroatoms. The number of rotatable bonds is 5. The van der Waals surface area contributed by atoms with E-state index in [1.807, 2.05) is 0 Å². The van der Waals surface area contributed by atoms with Crippen molar-refractivity contribution in [2.45, 2.75) is 51.0 Å². The maximum Gasteiger partial charge on any atom is 0.311 e. The number of carbonyl (C=O) groups excluding carboxylic acids is 1. The van der Waals surface area contributed by atoms with Gasteiger partial charge in [-0.2, -0.15) is 0 Å². The van der Waals surface area contributed by atoms with Crippen LogP contribution in [0.4, 0.5) is 0 Å². The summed E-state index contributed by atoms with van der Waals surface area (Å²) in [7, 11) is 0. The van der Waals surface area contributed by atoms with E-state index in [0.29, 0.717) is 32.4 Å². The van der Waals surface area contributed by atoms with Crippen LogP contribution in [0.2, 0.25) is 0 Å². The lowest BCUT2D eigenvalue weighted by Gasteiger charge is -2.29. The van der Waals surface area contributed by atoms with Gasteiger partial charge in [0.1, 0.15) is 0 Å². The second-order valence-electron chi connectivity index (χ2n) is 6.18. The number of nitrogens with one attached hydrogen (secondary N) is 2. The molecule has 1 amide bonds. The molecule has 2 rings (SSSR count). The number of aliphatic carboxylic acids is 1. The summed E-state index contributed by atoms with van der Waals surface area (Å²) < 4.78 is 5.49. The quantitative estimate of drug-likeness (QED) is 0.657. The Bertz CT molecular complexity index is 359. The lowest BCUT2D eigenvalue weighted by molar-refractivity contribution is -0.149. The molecule has 1 unspecified atom stereocenters. The molecule has 0 aromatic heterocycles. The Morgan fingerprint density at radius 2 is 1.95 bits per heavy atom. The monoisotopic (exact) mass is 298 g/mol. The smallest absolute Gasteiger partial charge is 0.311 e. The number of morpholine rings is 1. The fraction of sp³-hybridized carbons (Fsp3) is 0.867. The Morgan fingerprint density at radius 1 is 1.24 bits per heavy atom. The molecule has 1 heterocycles. The van der Waals surface area contributed by atoms with Crippen molar-refractivity contribution in [3.8, 4) is 0 Å². The first-order valence-electron chi connectivity index (χ1n) is 7.95. The Balaban J connectivity index is 1.83. The predicted octanol–water partition coefficient (Wildman–Crippen LogP) is 0.906. The van der Waals surface area contributed by atoms with Crippen molar-refractivity contribution in [1.29, 1.82) is 0 Å². The molecule has 0 bridgehead atoms. The summed E-state index contributed by atoms with van der Waals surface area (Å²) in [6, 6.07) is 0. The van der Waals surface area contributed by atoms with Crippen LogP contribution >= 0.6 is 0 Å². The van der Waals surface area contributed by atoms with Gasteiger partial charge in [0.05, 0.1) is 24.5 Å². The summed E-state index contributed by atoms with van der Waals surface area (Å²) in [5, 5.41) is 15.6. The van der Waals surface area contributed by atoms with Crippen molar-refractivity contribution in [3.05, 3.63) is 0 Å². The van der Waals surface area contributed by atoms with Gasteiger partial charge >= 0.3 is 5.97 Å². The van der Waals surface area contributed by atoms with Crippen LogP contribution in [0, 0.1) is 5.41 Å². The average molecular weight is 298 g/mol. The normalized spacial score (nSPS) is 25.8. The van der Waals surface area contributed by atoms with Crippen LogP contribution in [0.1, 0.15) is 44.9 Å². The van der Waals surface area contributed by atoms with Crippen molar-refractivity contribution in [2.75, 3.05) is 26.2 Å². The highest BCUT2D eigenvalue weighted by atomic mass is 16.5. The summed E-state index contributed by atoms with van der Waals surface area (Å²) >= 11 is 0. The first kappa shape index (κ1) is 16.2. The van der Waals surface area contributed by atoms with Gasteiger partial charge in [0, 0.05) is 19.6 Å². The number of carboxylic acid groups (broad SMARTS) is 1. The number of hydrogen-bond acceptors (Lipinski definition) is 4.